The molecule has 1 aliphatic heterocycles. The van der Waals surface area contributed by atoms with Crippen LogP contribution < -0.4 is 10.6 Å². The van der Waals surface area contributed by atoms with Crippen LogP contribution in [0.25, 0.3) is 21.8 Å². The van der Waals surface area contributed by atoms with Gasteiger partial charge in [-0.1, -0.05) is 23.7 Å². The quantitative estimate of drug-likeness (QED) is 0.452. The fraction of sp³-hybridized carbons (Fsp3) is 0.136. The molecule has 29 heavy (non-hydrogen) atoms. The summed E-state index contributed by atoms with van der Waals surface area (Å²) in [6.07, 6.45) is 0. The number of fused-ring (bicyclic) bond motifs is 1. The Morgan fingerprint density at radius 2 is 1.45 bits per heavy atom. The van der Waals surface area contributed by atoms with E-state index in [9.17, 15) is 14.4 Å². The molecule has 3 aromatic carbocycles. The molecular formula is C22H16ClN3O3. The van der Waals surface area contributed by atoms with E-state index in [-0.39, 0.29) is 5.69 Å². The normalized spacial score (nSPS) is 13.7. The number of imide groups is 1. The molecule has 5 rings (SSSR count). The largest absolute Gasteiger partial charge is 0.328 e. The van der Waals surface area contributed by atoms with Gasteiger partial charge in [0.1, 0.15) is 0 Å². The SMILES string of the molecule is Cc1cc2c(cc1N1C(=O)c3cccc4c(Cl)ccc(c34)C1=O)n(C)c(=O)n2C. The lowest BCUT2D eigenvalue weighted by molar-refractivity contribution is 0.0893. The molecule has 1 aliphatic rings. The van der Waals surface area contributed by atoms with E-state index in [0.717, 1.165) is 11.1 Å². The summed E-state index contributed by atoms with van der Waals surface area (Å²) in [7, 11) is 3.36. The van der Waals surface area contributed by atoms with Gasteiger partial charge in [-0.15, -0.1) is 0 Å². The molecule has 0 radical (unpaired) electrons. The number of anilines is 1. The fourth-order valence-corrected chi connectivity index (χ4v) is 4.38. The average molecular weight is 406 g/mol. The predicted octanol–water partition coefficient (Wildman–Crippen LogP) is 3.79. The van der Waals surface area contributed by atoms with Crippen molar-refractivity contribution in [2.45, 2.75) is 6.92 Å². The lowest BCUT2D eigenvalue weighted by atomic mass is 9.93. The number of aryl methyl sites for hydroxylation is 3. The molecule has 144 valence electrons. The van der Waals surface area contributed by atoms with Crippen LogP contribution in [0.4, 0.5) is 5.69 Å². The zero-order chi connectivity index (χ0) is 20.6. The molecule has 1 aromatic heterocycles. The van der Waals surface area contributed by atoms with Gasteiger partial charge in [0.05, 0.1) is 16.7 Å². The number of amides is 2. The minimum atomic E-state index is -0.404. The summed E-state index contributed by atoms with van der Waals surface area (Å²) in [5, 5.41) is 1.76. The molecule has 7 heteroatoms. The van der Waals surface area contributed by atoms with Gasteiger partial charge in [0.15, 0.2) is 0 Å². The molecular weight excluding hydrogens is 390 g/mol. The first-order valence-electron chi connectivity index (χ1n) is 9.07. The lowest BCUT2D eigenvalue weighted by Crippen LogP contribution is -2.40. The number of benzene rings is 3. The number of nitrogens with zero attached hydrogens (tertiary/aromatic N) is 3. The van der Waals surface area contributed by atoms with E-state index in [1.54, 1.807) is 55.1 Å². The average Bonchev–Trinajstić information content (AvgIpc) is 2.91. The molecule has 2 amide bonds. The first-order chi connectivity index (χ1) is 13.8. The van der Waals surface area contributed by atoms with Crippen LogP contribution in [0.15, 0.2) is 47.3 Å². The monoisotopic (exact) mass is 405 g/mol. The highest BCUT2D eigenvalue weighted by Crippen LogP contribution is 2.37. The molecule has 0 N–H and O–H groups in total. The zero-order valence-electron chi connectivity index (χ0n) is 16.0. The number of carbonyl (C=O) groups excluding carboxylic acids is 2. The third-order valence-electron chi connectivity index (χ3n) is 5.69. The van der Waals surface area contributed by atoms with E-state index < -0.39 is 11.8 Å². The summed E-state index contributed by atoms with van der Waals surface area (Å²) >= 11 is 6.29. The van der Waals surface area contributed by atoms with Gasteiger partial charge in [0.2, 0.25) is 0 Å². The molecule has 0 bridgehead atoms. The summed E-state index contributed by atoms with van der Waals surface area (Å²) < 4.78 is 3.05. The van der Waals surface area contributed by atoms with Gasteiger partial charge in [-0.2, -0.15) is 0 Å². The Balaban J connectivity index is 1.80. The second-order valence-electron chi connectivity index (χ2n) is 7.30. The molecule has 4 aromatic rings. The van der Waals surface area contributed by atoms with Crippen LogP contribution in [0.2, 0.25) is 5.02 Å². The summed E-state index contributed by atoms with van der Waals surface area (Å²) in [4.78, 5) is 40.2. The Morgan fingerprint density at radius 1 is 0.828 bits per heavy atom. The number of imidazole rings is 1. The standard InChI is InChI=1S/C22H16ClN3O3/c1-11-9-17-18(25(3)22(29)24(17)2)10-16(11)26-20(27)13-6-4-5-12-15(23)8-7-14(19(12)13)21(26)28/h4-10H,1-3H3. The maximum atomic E-state index is 13.4. The summed E-state index contributed by atoms with van der Waals surface area (Å²) in [5.74, 6) is -0.808. The minimum absolute atomic E-state index is 0.169. The summed E-state index contributed by atoms with van der Waals surface area (Å²) in [6.45, 7) is 1.82. The second kappa shape index (κ2) is 5.81. The van der Waals surface area contributed by atoms with Gasteiger partial charge < -0.3 is 0 Å². The van der Waals surface area contributed by atoms with Crippen molar-refractivity contribution in [1.82, 2.24) is 9.13 Å². The van der Waals surface area contributed by atoms with E-state index in [2.05, 4.69) is 0 Å². The van der Waals surface area contributed by atoms with Gasteiger partial charge in [0.25, 0.3) is 11.8 Å². The first kappa shape index (κ1) is 17.7. The summed E-state index contributed by atoms with van der Waals surface area (Å²) in [6, 6.07) is 12.1. The van der Waals surface area contributed by atoms with Gasteiger partial charge in [0, 0.05) is 41.0 Å². The van der Waals surface area contributed by atoms with Crippen molar-refractivity contribution in [3.63, 3.8) is 0 Å². The number of hydrogen-bond acceptors (Lipinski definition) is 3. The van der Waals surface area contributed by atoms with Crippen LogP contribution in [0.1, 0.15) is 26.3 Å². The van der Waals surface area contributed by atoms with Crippen LogP contribution in [-0.4, -0.2) is 20.9 Å². The van der Waals surface area contributed by atoms with E-state index in [4.69, 9.17) is 11.6 Å². The minimum Gasteiger partial charge on any atom is -0.295 e. The number of rotatable bonds is 1. The molecule has 0 atom stereocenters. The maximum absolute atomic E-state index is 13.4. The highest BCUT2D eigenvalue weighted by molar-refractivity contribution is 6.41. The van der Waals surface area contributed by atoms with Crippen LogP contribution >= 0.6 is 11.6 Å². The third kappa shape index (κ3) is 2.20. The third-order valence-corrected chi connectivity index (χ3v) is 6.01. The molecule has 0 spiro atoms. The highest BCUT2D eigenvalue weighted by Gasteiger charge is 2.35. The van der Waals surface area contributed by atoms with Crippen LogP contribution in [-0.2, 0) is 14.1 Å². The molecule has 0 unspecified atom stereocenters. The molecule has 0 saturated carbocycles. The number of aromatic nitrogens is 2. The Morgan fingerprint density at radius 3 is 2.14 bits per heavy atom. The van der Waals surface area contributed by atoms with Gasteiger partial charge in [-0.25, -0.2) is 9.69 Å². The van der Waals surface area contributed by atoms with Gasteiger partial charge in [-0.05, 0) is 42.8 Å². The van der Waals surface area contributed by atoms with E-state index >= 15 is 0 Å². The Kier molecular flexibility index (Phi) is 3.55. The van der Waals surface area contributed by atoms with Crippen molar-refractivity contribution in [3.8, 4) is 0 Å². The molecule has 6 nitrogen and oxygen atoms in total. The van der Waals surface area contributed by atoms with Gasteiger partial charge >= 0.3 is 5.69 Å². The van der Waals surface area contributed by atoms with E-state index in [1.807, 2.05) is 13.0 Å². The molecule has 0 fully saturated rings. The van der Waals surface area contributed by atoms with Crippen molar-refractivity contribution in [2.75, 3.05) is 4.90 Å². The van der Waals surface area contributed by atoms with E-state index in [1.165, 1.54) is 9.47 Å². The topological polar surface area (TPSA) is 64.3 Å². The molecule has 2 heterocycles. The summed E-state index contributed by atoms with van der Waals surface area (Å²) in [5.41, 5.74) is 3.28. The zero-order valence-corrected chi connectivity index (χ0v) is 16.7. The van der Waals surface area contributed by atoms with Crippen molar-refractivity contribution in [1.29, 1.82) is 0 Å². The Hall–Kier alpha value is -3.38. The molecule has 0 aliphatic carbocycles. The number of hydrogen-bond donors (Lipinski definition) is 0. The van der Waals surface area contributed by atoms with Crippen molar-refractivity contribution in [3.05, 3.63) is 74.7 Å². The smallest absolute Gasteiger partial charge is 0.295 e. The maximum Gasteiger partial charge on any atom is 0.328 e. The van der Waals surface area contributed by atoms with Crippen LogP contribution in [0.3, 0.4) is 0 Å². The highest BCUT2D eigenvalue weighted by atomic mass is 35.5. The first-order valence-corrected chi connectivity index (χ1v) is 9.45. The Bertz CT molecular complexity index is 1440. The van der Waals surface area contributed by atoms with Crippen LogP contribution in [0, 0.1) is 6.92 Å². The predicted molar refractivity (Wildman–Crippen MR) is 113 cm³/mol. The van der Waals surface area contributed by atoms with Crippen LogP contribution in [0.5, 0.6) is 0 Å². The lowest BCUT2D eigenvalue weighted by Gasteiger charge is -2.28. The van der Waals surface area contributed by atoms with Crippen molar-refractivity contribution < 1.29 is 9.59 Å². The van der Waals surface area contributed by atoms with Crippen molar-refractivity contribution in [2.24, 2.45) is 14.1 Å². The van der Waals surface area contributed by atoms with E-state index in [0.29, 0.717) is 38.1 Å². The fourth-order valence-electron chi connectivity index (χ4n) is 4.16. The van der Waals surface area contributed by atoms with Crippen molar-refractivity contribution >= 4 is 50.9 Å². The van der Waals surface area contributed by atoms with Gasteiger partial charge in [-0.3, -0.25) is 18.7 Å². The number of carbonyl (C=O) groups is 2. The molecule has 0 saturated heterocycles. The number of halogens is 1. The second-order valence-corrected chi connectivity index (χ2v) is 7.70. The Labute approximate surface area is 170 Å².